The van der Waals surface area contributed by atoms with Crippen molar-refractivity contribution in [3.05, 3.63) is 64.7 Å². The fourth-order valence-electron chi connectivity index (χ4n) is 2.75. The molecule has 0 aliphatic heterocycles. The monoisotopic (exact) mass is 305 g/mol. The molecule has 23 heavy (non-hydrogen) atoms. The van der Waals surface area contributed by atoms with Gasteiger partial charge in [0.25, 0.3) is 5.69 Å². The molecule has 0 saturated heterocycles. The lowest BCUT2D eigenvalue weighted by Crippen LogP contribution is -1.89. The van der Waals surface area contributed by atoms with Crippen LogP contribution in [0.1, 0.15) is 0 Å². The molecule has 0 spiro atoms. The first kappa shape index (κ1) is 13.3. The van der Waals surface area contributed by atoms with Crippen LogP contribution in [0.15, 0.2) is 54.6 Å². The minimum Gasteiger partial charge on any atom is -0.494 e. The van der Waals surface area contributed by atoms with Crippen molar-refractivity contribution in [1.82, 2.24) is 9.97 Å². The molecule has 0 bridgehead atoms. The summed E-state index contributed by atoms with van der Waals surface area (Å²) in [6.07, 6.45) is 0. The number of H-pyrrole nitrogens is 1. The zero-order valence-electron chi connectivity index (χ0n) is 11.9. The Labute approximate surface area is 130 Å². The standard InChI is InChI=1S/C17H11N3O3/c21-17-16(12-3-1-2-4-14(12)19-17)15-7-5-10-9-11(20(22)23)6-8-13(10)18-15/h1-9,19,21H. The summed E-state index contributed by atoms with van der Waals surface area (Å²) >= 11 is 0. The number of nitrogens with zero attached hydrogens (tertiary/aromatic N) is 2. The van der Waals surface area contributed by atoms with Gasteiger partial charge in [-0.05, 0) is 18.2 Å². The number of aromatic nitrogens is 2. The van der Waals surface area contributed by atoms with E-state index < -0.39 is 4.92 Å². The predicted octanol–water partition coefficient (Wildman–Crippen LogP) is 4.00. The van der Waals surface area contributed by atoms with Gasteiger partial charge < -0.3 is 10.1 Å². The van der Waals surface area contributed by atoms with Gasteiger partial charge in [-0.25, -0.2) is 4.98 Å². The molecule has 0 radical (unpaired) electrons. The van der Waals surface area contributed by atoms with E-state index in [9.17, 15) is 15.2 Å². The van der Waals surface area contributed by atoms with Gasteiger partial charge in [-0.15, -0.1) is 0 Å². The quantitative estimate of drug-likeness (QED) is 0.432. The van der Waals surface area contributed by atoms with E-state index in [1.54, 1.807) is 18.2 Å². The molecule has 0 saturated carbocycles. The second kappa shape index (κ2) is 4.81. The van der Waals surface area contributed by atoms with Crippen LogP contribution in [0.4, 0.5) is 5.69 Å². The summed E-state index contributed by atoms with van der Waals surface area (Å²) < 4.78 is 0. The largest absolute Gasteiger partial charge is 0.494 e. The lowest BCUT2D eigenvalue weighted by atomic mass is 10.1. The van der Waals surface area contributed by atoms with E-state index in [4.69, 9.17) is 0 Å². The number of benzene rings is 2. The maximum atomic E-state index is 10.8. The zero-order chi connectivity index (χ0) is 16.0. The maximum Gasteiger partial charge on any atom is 0.270 e. The van der Waals surface area contributed by atoms with Gasteiger partial charge in [0, 0.05) is 28.4 Å². The third kappa shape index (κ3) is 2.08. The van der Waals surface area contributed by atoms with Crippen LogP contribution in [0.3, 0.4) is 0 Å². The lowest BCUT2D eigenvalue weighted by molar-refractivity contribution is -0.384. The number of rotatable bonds is 2. The number of hydrogen-bond acceptors (Lipinski definition) is 4. The van der Waals surface area contributed by atoms with Crippen molar-refractivity contribution in [2.24, 2.45) is 0 Å². The summed E-state index contributed by atoms with van der Waals surface area (Å²) in [6.45, 7) is 0. The number of nitro groups is 1. The average molecular weight is 305 g/mol. The smallest absolute Gasteiger partial charge is 0.270 e. The Kier molecular flexibility index (Phi) is 2.77. The Morgan fingerprint density at radius 2 is 1.91 bits per heavy atom. The average Bonchev–Trinajstić information content (AvgIpc) is 2.89. The first-order valence-electron chi connectivity index (χ1n) is 6.99. The SMILES string of the molecule is O=[N+]([O-])c1ccc2nc(-c3c(O)[nH]c4ccccc34)ccc2c1. The Morgan fingerprint density at radius 1 is 1.09 bits per heavy atom. The minimum absolute atomic E-state index is 0.0296. The molecule has 0 amide bonds. The van der Waals surface area contributed by atoms with Gasteiger partial charge in [0.1, 0.15) is 0 Å². The highest BCUT2D eigenvalue weighted by Gasteiger charge is 2.15. The van der Waals surface area contributed by atoms with Crippen LogP contribution in [0.5, 0.6) is 5.88 Å². The number of nitrogens with one attached hydrogen (secondary N) is 1. The highest BCUT2D eigenvalue weighted by Crippen LogP contribution is 2.36. The molecule has 112 valence electrons. The molecule has 0 fully saturated rings. The van der Waals surface area contributed by atoms with E-state index >= 15 is 0 Å². The molecule has 0 aliphatic carbocycles. The summed E-state index contributed by atoms with van der Waals surface area (Å²) in [5, 5.41) is 22.6. The van der Waals surface area contributed by atoms with E-state index in [0.29, 0.717) is 22.2 Å². The number of non-ortho nitro benzene ring substituents is 1. The van der Waals surface area contributed by atoms with Gasteiger partial charge in [-0.3, -0.25) is 10.1 Å². The Balaban J connectivity index is 1.93. The third-order valence-corrected chi connectivity index (χ3v) is 3.83. The van der Waals surface area contributed by atoms with Crippen LogP contribution in [0.25, 0.3) is 33.1 Å². The molecule has 2 N–H and O–H groups in total. The molecule has 2 aromatic heterocycles. The van der Waals surface area contributed by atoms with Crippen molar-refractivity contribution >= 4 is 27.5 Å². The van der Waals surface area contributed by atoms with Gasteiger partial charge in [0.05, 0.1) is 21.7 Å². The van der Waals surface area contributed by atoms with E-state index in [-0.39, 0.29) is 11.6 Å². The van der Waals surface area contributed by atoms with Gasteiger partial charge >= 0.3 is 0 Å². The van der Waals surface area contributed by atoms with E-state index in [0.717, 1.165) is 10.9 Å². The molecule has 2 aromatic carbocycles. The number of pyridine rings is 1. The summed E-state index contributed by atoms with van der Waals surface area (Å²) in [7, 11) is 0. The van der Waals surface area contributed by atoms with Crippen LogP contribution in [-0.2, 0) is 0 Å². The number of aromatic hydroxyl groups is 1. The first-order valence-corrected chi connectivity index (χ1v) is 6.99. The van der Waals surface area contributed by atoms with Crippen molar-refractivity contribution in [2.75, 3.05) is 0 Å². The topological polar surface area (TPSA) is 92.1 Å². The molecule has 0 atom stereocenters. The van der Waals surface area contributed by atoms with E-state index in [1.165, 1.54) is 12.1 Å². The van der Waals surface area contributed by atoms with Crippen LogP contribution < -0.4 is 0 Å². The van der Waals surface area contributed by atoms with Crippen LogP contribution in [0.2, 0.25) is 0 Å². The van der Waals surface area contributed by atoms with Crippen molar-refractivity contribution in [3.63, 3.8) is 0 Å². The molecular formula is C17H11N3O3. The van der Waals surface area contributed by atoms with Crippen LogP contribution in [-0.4, -0.2) is 20.0 Å². The van der Waals surface area contributed by atoms with Crippen molar-refractivity contribution in [1.29, 1.82) is 0 Å². The summed E-state index contributed by atoms with van der Waals surface area (Å²) in [5.74, 6) is 0.0555. The summed E-state index contributed by atoms with van der Waals surface area (Å²) in [5.41, 5.74) is 2.73. The lowest BCUT2D eigenvalue weighted by Gasteiger charge is -2.03. The molecule has 4 aromatic rings. The molecule has 6 heteroatoms. The van der Waals surface area contributed by atoms with E-state index in [2.05, 4.69) is 9.97 Å². The second-order valence-electron chi connectivity index (χ2n) is 5.22. The number of para-hydroxylation sites is 1. The van der Waals surface area contributed by atoms with E-state index in [1.807, 2.05) is 24.3 Å². The fourth-order valence-corrected chi connectivity index (χ4v) is 2.75. The number of fused-ring (bicyclic) bond motifs is 2. The molecule has 6 nitrogen and oxygen atoms in total. The molecule has 0 aliphatic rings. The predicted molar refractivity (Wildman–Crippen MR) is 87.4 cm³/mol. The zero-order valence-corrected chi connectivity index (χ0v) is 11.9. The highest BCUT2D eigenvalue weighted by molar-refractivity contribution is 5.99. The third-order valence-electron chi connectivity index (χ3n) is 3.83. The molecule has 0 unspecified atom stereocenters. The van der Waals surface area contributed by atoms with Crippen molar-refractivity contribution in [2.45, 2.75) is 0 Å². The van der Waals surface area contributed by atoms with Crippen LogP contribution in [0, 0.1) is 10.1 Å². The summed E-state index contributed by atoms with van der Waals surface area (Å²) in [4.78, 5) is 17.9. The van der Waals surface area contributed by atoms with Crippen molar-refractivity contribution in [3.8, 4) is 17.1 Å². The normalized spacial score (nSPS) is 11.1. The maximum absolute atomic E-state index is 10.8. The van der Waals surface area contributed by atoms with Gasteiger partial charge in [0.15, 0.2) is 5.88 Å². The highest BCUT2D eigenvalue weighted by atomic mass is 16.6. The molecule has 2 heterocycles. The van der Waals surface area contributed by atoms with Crippen molar-refractivity contribution < 1.29 is 10.0 Å². The molecule has 4 rings (SSSR count). The molecular weight excluding hydrogens is 294 g/mol. The number of nitro benzene ring substituents is 1. The number of hydrogen-bond donors (Lipinski definition) is 2. The van der Waals surface area contributed by atoms with Gasteiger partial charge in [0.2, 0.25) is 0 Å². The van der Waals surface area contributed by atoms with Gasteiger partial charge in [-0.2, -0.15) is 0 Å². The Bertz CT molecular complexity index is 1070. The minimum atomic E-state index is -0.432. The fraction of sp³-hybridized carbons (Fsp3) is 0. The Hall–Kier alpha value is -3.41. The van der Waals surface area contributed by atoms with Gasteiger partial charge in [-0.1, -0.05) is 24.3 Å². The first-order chi connectivity index (χ1) is 11.1. The number of aromatic amines is 1. The summed E-state index contributed by atoms with van der Waals surface area (Å²) in [6, 6.07) is 15.6. The van der Waals surface area contributed by atoms with Crippen LogP contribution >= 0.6 is 0 Å². The Morgan fingerprint density at radius 3 is 2.74 bits per heavy atom. The second-order valence-corrected chi connectivity index (χ2v) is 5.22.